The average molecular weight is 162 g/mol. The molecule has 0 amide bonds. The van der Waals surface area contributed by atoms with Crippen LogP contribution in [0.15, 0.2) is 21.4 Å². The zero-order valence-corrected chi connectivity index (χ0v) is 5.76. The molecule has 0 radical (unpaired) electrons. The summed E-state index contributed by atoms with van der Waals surface area (Å²) in [7, 11) is 0. The molecule has 0 unspecified atom stereocenters. The lowest BCUT2D eigenvalue weighted by Gasteiger charge is -1.80. The Morgan fingerprint density at radius 2 is 1.25 bits per heavy atom. The van der Waals surface area contributed by atoms with Gasteiger partial charge in [0.1, 0.15) is 11.0 Å². The van der Waals surface area contributed by atoms with Gasteiger partial charge in [-0.05, 0) is 32.8 Å². The molecule has 0 fully saturated rings. The zero-order valence-electron chi connectivity index (χ0n) is 5.76. The molecule has 3 aromatic rings. The highest BCUT2D eigenvalue weighted by molar-refractivity contribution is 5.98. The van der Waals surface area contributed by atoms with Crippen LogP contribution in [-0.2, 0) is 0 Å². The number of nitrogens with zero attached hydrogens (tertiary/aromatic N) is 4. The van der Waals surface area contributed by atoms with E-state index >= 15 is 0 Å². The van der Waals surface area contributed by atoms with Gasteiger partial charge in [0.2, 0.25) is 0 Å². The van der Waals surface area contributed by atoms with Crippen LogP contribution < -0.4 is 0 Å². The minimum atomic E-state index is 0.578. The first-order chi connectivity index (χ1) is 5.95. The molecule has 0 aliphatic carbocycles. The van der Waals surface area contributed by atoms with Crippen molar-refractivity contribution >= 4 is 22.1 Å². The van der Waals surface area contributed by atoms with Crippen LogP contribution in [0, 0.1) is 0 Å². The topological polar surface area (TPSA) is 77.8 Å². The summed E-state index contributed by atoms with van der Waals surface area (Å²) >= 11 is 0. The first kappa shape index (κ1) is 5.64. The molecule has 6 nitrogen and oxygen atoms in total. The first-order valence-electron chi connectivity index (χ1n) is 3.29. The van der Waals surface area contributed by atoms with E-state index in [1.807, 2.05) is 0 Å². The average Bonchev–Trinajstić information content (AvgIpc) is 2.71. The van der Waals surface area contributed by atoms with Crippen LogP contribution in [0.1, 0.15) is 0 Å². The Balaban J connectivity index is 2.71. The summed E-state index contributed by atoms with van der Waals surface area (Å²) in [5.74, 6) is 0. The maximum Gasteiger partial charge on any atom is 0.166 e. The van der Waals surface area contributed by atoms with Gasteiger partial charge in [0.05, 0.1) is 0 Å². The summed E-state index contributed by atoms with van der Waals surface area (Å²) in [5.41, 5.74) is 2.46. The van der Waals surface area contributed by atoms with E-state index in [-0.39, 0.29) is 0 Å². The van der Waals surface area contributed by atoms with Gasteiger partial charge in [0.15, 0.2) is 11.0 Å². The van der Waals surface area contributed by atoms with Gasteiger partial charge in [-0.25, -0.2) is 9.26 Å². The highest BCUT2D eigenvalue weighted by Gasteiger charge is 2.09. The summed E-state index contributed by atoms with van der Waals surface area (Å²) in [6, 6.07) is 3.50. The summed E-state index contributed by atoms with van der Waals surface area (Å²) in [4.78, 5) is 0. The minimum absolute atomic E-state index is 0.578. The molecule has 3 rings (SSSR count). The van der Waals surface area contributed by atoms with Crippen LogP contribution in [0.2, 0.25) is 0 Å². The molecule has 58 valence electrons. The minimum Gasteiger partial charge on any atom is -0.243 e. The number of rotatable bonds is 0. The first-order valence-corrected chi connectivity index (χ1v) is 3.29. The molecule has 0 N–H and O–H groups in total. The van der Waals surface area contributed by atoms with Crippen molar-refractivity contribution in [2.45, 2.75) is 0 Å². The van der Waals surface area contributed by atoms with Crippen LogP contribution in [0.4, 0.5) is 0 Å². The smallest absolute Gasteiger partial charge is 0.166 e. The van der Waals surface area contributed by atoms with E-state index in [0.29, 0.717) is 22.1 Å². The Kier molecular flexibility index (Phi) is 0.840. The van der Waals surface area contributed by atoms with Gasteiger partial charge >= 0.3 is 0 Å². The van der Waals surface area contributed by atoms with Gasteiger partial charge in [-0.2, -0.15) is 0 Å². The summed E-state index contributed by atoms with van der Waals surface area (Å²) in [6.07, 6.45) is 0. The van der Waals surface area contributed by atoms with Gasteiger partial charge in [0.25, 0.3) is 0 Å². The summed E-state index contributed by atoms with van der Waals surface area (Å²) < 4.78 is 9.07. The third kappa shape index (κ3) is 0.541. The van der Waals surface area contributed by atoms with Crippen molar-refractivity contribution in [2.24, 2.45) is 0 Å². The van der Waals surface area contributed by atoms with Gasteiger partial charge in [-0.3, -0.25) is 0 Å². The third-order valence-electron chi connectivity index (χ3n) is 1.65. The van der Waals surface area contributed by atoms with Gasteiger partial charge in [-0.1, -0.05) is 0 Å². The van der Waals surface area contributed by atoms with Crippen LogP contribution in [0.25, 0.3) is 22.1 Å². The van der Waals surface area contributed by atoms with Crippen LogP contribution in [0.5, 0.6) is 0 Å². The van der Waals surface area contributed by atoms with Crippen molar-refractivity contribution in [3.63, 3.8) is 0 Å². The molecule has 0 spiro atoms. The van der Waals surface area contributed by atoms with Crippen LogP contribution >= 0.6 is 0 Å². The van der Waals surface area contributed by atoms with E-state index in [2.05, 4.69) is 29.9 Å². The third-order valence-corrected chi connectivity index (χ3v) is 1.65. The van der Waals surface area contributed by atoms with E-state index in [0.717, 1.165) is 0 Å². The van der Waals surface area contributed by atoms with Crippen molar-refractivity contribution in [2.75, 3.05) is 0 Å². The molecule has 0 aliphatic rings. The molecule has 0 atom stereocenters. The standard InChI is InChI=1S/C6H2N4O2/c1-2-4-6(10-12-8-4)5-3(1)7-11-9-5/h1-2H. The van der Waals surface area contributed by atoms with Gasteiger partial charge in [-0.15, -0.1) is 0 Å². The fraction of sp³-hybridized carbons (Fsp3) is 0. The number of aromatic nitrogens is 4. The van der Waals surface area contributed by atoms with Crippen LogP contribution in [0.3, 0.4) is 0 Å². The summed E-state index contributed by atoms with van der Waals surface area (Å²) in [5, 5.41) is 14.6. The Morgan fingerprint density at radius 1 is 0.750 bits per heavy atom. The molecule has 2 aromatic heterocycles. The van der Waals surface area contributed by atoms with Crippen molar-refractivity contribution in [1.29, 1.82) is 0 Å². The molecule has 0 bridgehead atoms. The normalized spacial score (nSPS) is 11.3. The molecule has 12 heavy (non-hydrogen) atoms. The van der Waals surface area contributed by atoms with E-state index in [9.17, 15) is 0 Å². The summed E-state index contributed by atoms with van der Waals surface area (Å²) in [6.45, 7) is 0. The van der Waals surface area contributed by atoms with E-state index in [1.165, 1.54) is 0 Å². The molecular weight excluding hydrogens is 160 g/mol. The van der Waals surface area contributed by atoms with Crippen molar-refractivity contribution in [1.82, 2.24) is 20.6 Å². The fourth-order valence-corrected chi connectivity index (χ4v) is 1.10. The highest BCUT2D eigenvalue weighted by Crippen LogP contribution is 2.18. The molecule has 0 saturated carbocycles. The number of hydrogen-bond acceptors (Lipinski definition) is 6. The lowest BCUT2D eigenvalue weighted by molar-refractivity contribution is 0.312. The largest absolute Gasteiger partial charge is 0.243 e. The molecular formula is C6H2N4O2. The molecule has 1 aromatic carbocycles. The second-order valence-electron chi connectivity index (χ2n) is 2.33. The van der Waals surface area contributed by atoms with Crippen molar-refractivity contribution in [3.05, 3.63) is 12.1 Å². The van der Waals surface area contributed by atoms with Crippen LogP contribution in [-0.4, -0.2) is 20.6 Å². The highest BCUT2D eigenvalue weighted by atomic mass is 16.6. The Labute approximate surface area is 65.1 Å². The number of benzene rings is 1. The molecule has 6 heteroatoms. The Hall–Kier alpha value is -1.98. The molecule has 0 aliphatic heterocycles. The number of fused-ring (bicyclic) bond motifs is 3. The van der Waals surface area contributed by atoms with Gasteiger partial charge in [0, 0.05) is 0 Å². The number of hydrogen-bond donors (Lipinski definition) is 0. The zero-order chi connectivity index (χ0) is 7.97. The lowest BCUT2D eigenvalue weighted by atomic mass is 10.3. The predicted octanol–water partition coefficient (Wildman–Crippen LogP) is 0.759. The lowest BCUT2D eigenvalue weighted by Crippen LogP contribution is -1.72. The molecule has 0 saturated heterocycles. The second kappa shape index (κ2) is 1.79. The SMILES string of the molecule is c1cc2nonc2c2nonc12. The van der Waals surface area contributed by atoms with Crippen molar-refractivity contribution < 1.29 is 9.26 Å². The van der Waals surface area contributed by atoms with Gasteiger partial charge < -0.3 is 0 Å². The maximum absolute atomic E-state index is 4.53. The second-order valence-corrected chi connectivity index (χ2v) is 2.33. The van der Waals surface area contributed by atoms with E-state index in [1.54, 1.807) is 12.1 Å². The monoisotopic (exact) mass is 162 g/mol. The Bertz CT molecular complexity index is 491. The van der Waals surface area contributed by atoms with E-state index in [4.69, 9.17) is 0 Å². The maximum atomic E-state index is 4.53. The quantitative estimate of drug-likeness (QED) is 0.485. The van der Waals surface area contributed by atoms with E-state index < -0.39 is 0 Å². The van der Waals surface area contributed by atoms with Crippen molar-refractivity contribution in [3.8, 4) is 0 Å². The fourth-order valence-electron chi connectivity index (χ4n) is 1.10. The predicted molar refractivity (Wildman–Crippen MR) is 37.2 cm³/mol. The molecule has 2 heterocycles. The Morgan fingerprint density at radius 3 is 1.75 bits per heavy atom.